The van der Waals surface area contributed by atoms with Gasteiger partial charge in [0, 0.05) is 25.2 Å². The van der Waals surface area contributed by atoms with Crippen LogP contribution < -0.4 is 0 Å². The van der Waals surface area contributed by atoms with Crippen molar-refractivity contribution in [3.8, 4) is 0 Å². The van der Waals surface area contributed by atoms with Gasteiger partial charge in [0.05, 0.1) is 5.60 Å². The molecule has 12 heavy (non-hydrogen) atoms. The van der Waals surface area contributed by atoms with Gasteiger partial charge in [-0.1, -0.05) is 18.5 Å². The van der Waals surface area contributed by atoms with Gasteiger partial charge in [0.25, 0.3) is 0 Å². The summed E-state index contributed by atoms with van der Waals surface area (Å²) in [6.07, 6.45) is 0.840. The molecule has 1 N–H and O–H groups in total. The van der Waals surface area contributed by atoms with Gasteiger partial charge in [0.15, 0.2) is 0 Å². The molecular weight excluding hydrogens is 174 g/mol. The molecule has 1 saturated heterocycles. The molecule has 0 aliphatic carbocycles. The standard InChI is InChI=1S/C9H16ClNO/c1-3-9(12)6-11(7-9)5-8(2)4-10/h4,12H,3,5-7H2,1-2H3/b8-4+. The van der Waals surface area contributed by atoms with Crippen molar-refractivity contribution in [1.29, 1.82) is 0 Å². The molecule has 2 nitrogen and oxygen atoms in total. The van der Waals surface area contributed by atoms with Crippen LogP contribution in [0, 0.1) is 0 Å². The summed E-state index contributed by atoms with van der Waals surface area (Å²) in [5.41, 5.74) is 2.32. The lowest BCUT2D eigenvalue weighted by Crippen LogP contribution is -2.61. The van der Waals surface area contributed by atoms with Crippen LogP contribution in [-0.4, -0.2) is 35.2 Å². The Morgan fingerprint density at radius 1 is 1.67 bits per heavy atom. The molecule has 0 amide bonds. The normalized spacial score (nSPS) is 23.8. The Kier molecular flexibility index (Phi) is 3.16. The molecule has 1 rings (SSSR count). The predicted molar refractivity (Wildman–Crippen MR) is 51.3 cm³/mol. The molecule has 0 aromatic carbocycles. The number of rotatable bonds is 3. The quantitative estimate of drug-likeness (QED) is 0.729. The zero-order chi connectivity index (χ0) is 9.19. The van der Waals surface area contributed by atoms with Gasteiger partial charge < -0.3 is 5.11 Å². The first-order chi connectivity index (χ1) is 5.59. The third kappa shape index (κ3) is 2.22. The van der Waals surface area contributed by atoms with Crippen LogP contribution in [0.25, 0.3) is 0 Å². The van der Waals surface area contributed by atoms with Gasteiger partial charge in [-0.3, -0.25) is 4.90 Å². The van der Waals surface area contributed by atoms with Gasteiger partial charge >= 0.3 is 0 Å². The van der Waals surface area contributed by atoms with Crippen molar-refractivity contribution in [2.75, 3.05) is 19.6 Å². The highest BCUT2D eigenvalue weighted by Crippen LogP contribution is 2.24. The second-order valence-corrected chi connectivity index (χ2v) is 3.90. The highest BCUT2D eigenvalue weighted by Gasteiger charge is 2.38. The molecule has 1 heterocycles. The van der Waals surface area contributed by atoms with Gasteiger partial charge in [0.1, 0.15) is 0 Å². The third-order valence-corrected chi connectivity index (χ3v) is 2.73. The number of hydrogen-bond acceptors (Lipinski definition) is 2. The number of halogens is 1. The first kappa shape index (κ1) is 10.0. The maximum Gasteiger partial charge on any atom is 0.0897 e. The van der Waals surface area contributed by atoms with E-state index in [9.17, 15) is 5.11 Å². The van der Waals surface area contributed by atoms with E-state index in [1.165, 1.54) is 0 Å². The monoisotopic (exact) mass is 189 g/mol. The molecule has 0 radical (unpaired) electrons. The minimum atomic E-state index is -0.424. The maximum absolute atomic E-state index is 9.68. The zero-order valence-corrected chi connectivity index (χ0v) is 8.43. The second kappa shape index (κ2) is 3.77. The van der Waals surface area contributed by atoms with Gasteiger partial charge in [0.2, 0.25) is 0 Å². The average Bonchev–Trinajstić information content (AvgIpc) is 2.01. The number of nitrogens with zero attached hydrogens (tertiary/aromatic N) is 1. The van der Waals surface area contributed by atoms with E-state index in [0.29, 0.717) is 0 Å². The molecule has 0 aromatic heterocycles. The fourth-order valence-corrected chi connectivity index (χ4v) is 1.58. The zero-order valence-electron chi connectivity index (χ0n) is 7.68. The van der Waals surface area contributed by atoms with Crippen LogP contribution >= 0.6 is 11.6 Å². The molecule has 0 bridgehead atoms. The van der Waals surface area contributed by atoms with Gasteiger partial charge in [-0.25, -0.2) is 0 Å². The lowest BCUT2D eigenvalue weighted by molar-refractivity contribution is -0.0953. The number of β-amino-alcohol motifs (C(OH)–C–C–N with tert-alkyl or cyclic N) is 1. The van der Waals surface area contributed by atoms with E-state index in [-0.39, 0.29) is 0 Å². The first-order valence-corrected chi connectivity index (χ1v) is 4.74. The van der Waals surface area contributed by atoms with Crippen molar-refractivity contribution < 1.29 is 5.11 Å². The Hall–Kier alpha value is -0.0500. The maximum atomic E-state index is 9.68. The summed E-state index contributed by atoms with van der Waals surface area (Å²) in [7, 11) is 0. The SMILES string of the molecule is CCC1(O)CN(C/C(C)=C/Cl)C1. The van der Waals surface area contributed by atoms with Crippen LogP contribution in [-0.2, 0) is 0 Å². The molecule has 0 saturated carbocycles. The van der Waals surface area contributed by atoms with E-state index in [1.54, 1.807) is 5.54 Å². The van der Waals surface area contributed by atoms with Crippen LogP contribution in [0.4, 0.5) is 0 Å². The van der Waals surface area contributed by atoms with Crippen LogP contribution in [0.2, 0.25) is 0 Å². The van der Waals surface area contributed by atoms with E-state index in [2.05, 4.69) is 4.90 Å². The van der Waals surface area contributed by atoms with E-state index < -0.39 is 5.60 Å². The first-order valence-electron chi connectivity index (χ1n) is 4.30. The predicted octanol–water partition coefficient (Wildman–Crippen LogP) is 1.59. The summed E-state index contributed by atoms with van der Waals surface area (Å²) < 4.78 is 0. The lowest BCUT2D eigenvalue weighted by atomic mass is 9.91. The van der Waals surface area contributed by atoms with Crippen LogP contribution in [0.15, 0.2) is 11.1 Å². The van der Waals surface area contributed by atoms with E-state index >= 15 is 0 Å². The van der Waals surface area contributed by atoms with Gasteiger partial charge in [-0.15, -0.1) is 0 Å². The minimum Gasteiger partial charge on any atom is -0.387 e. The molecule has 70 valence electrons. The van der Waals surface area contributed by atoms with Crippen LogP contribution in [0.1, 0.15) is 20.3 Å². The molecule has 1 aliphatic heterocycles. The van der Waals surface area contributed by atoms with E-state index in [4.69, 9.17) is 11.6 Å². The molecule has 0 spiro atoms. The third-order valence-electron chi connectivity index (χ3n) is 2.35. The minimum absolute atomic E-state index is 0.424. The largest absolute Gasteiger partial charge is 0.387 e. The second-order valence-electron chi connectivity index (χ2n) is 3.68. The Morgan fingerprint density at radius 2 is 2.25 bits per heavy atom. The van der Waals surface area contributed by atoms with Crippen molar-refractivity contribution in [3.05, 3.63) is 11.1 Å². The summed E-state index contributed by atoms with van der Waals surface area (Å²) in [4.78, 5) is 2.19. The smallest absolute Gasteiger partial charge is 0.0897 e. The molecule has 1 aliphatic rings. The summed E-state index contributed by atoms with van der Waals surface area (Å²) in [5.74, 6) is 0. The number of likely N-dealkylation sites (tertiary alicyclic amines) is 1. The molecule has 0 atom stereocenters. The fourth-order valence-electron chi connectivity index (χ4n) is 1.51. The highest BCUT2D eigenvalue weighted by molar-refractivity contribution is 6.25. The van der Waals surface area contributed by atoms with Crippen molar-refractivity contribution in [1.82, 2.24) is 4.90 Å². The summed E-state index contributed by atoms with van der Waals surface area (Å²) in [6, 6.07) is 0. The van der Waals surface area contributed by atoms with Crippen molar-refractivity contribution >= 4 is 11.6 Å². The van der Waals surface area contributed by atoms with Crippen LogP contribution in [0.3, 0.4) is 0 Å². The van der Waals surface area contributed by atoms with E-state index in [1.807, 2.05) is 13.8 Å². The summed E-state index contributed by atoms with van der Waals surface area (Å²) in [5, 5.41) is 9.68. The van der Waals surface area contributed by atoms with E-state index in [0.717, 1.165) is 31.6 Å². The molecule has 1 fully saturated rings. The molecular formula is C9H16ClNO. The highest BCUT2D eigenvalue weighted by atomic mass is 35.5. The van der Waals surface area contributed by atoms with Gasteiger partial charge in [-0.2, -0.15) is 0 Å². The Morgan fingerprint density at radius 3 is 2.67 bits per heavy atom. The lowest BCUT2D eigenvalue weighted by Gasteiger charge is -2.46. The Labute approximate surface area is 78.8 Å². The Bertz CT molecular complexity index is 185. The fraction of sp³-hybridized carbons (Fsp3) is 0.778. The molecule has 0 unspecified atom stereocenters. The topological polar surface area (TPSA) is 23.5 Å². The summed E-state index contributed by atoms with van der Waals surface area (Å²) >= 11 is 5.53. The van der Waals surface area contributed by atoms with Crippen molar-refractivity contribution in [2.45, 2.75) is 25.9 Å². The average molecular weight is 190 g/mol. The Balaban J connectivity index is 2.26. The van der Waals surface area contributed by atoms with Gasteiger partial charge in [-0.05, 0) is 18.9 Å². The van der Waals surface area contributed by atoms with Crippen LogP contribution in [0.5, 0.6) is 0 Å². The summed E-state index contributed by atoms with van der Waals surface area (Å²) in [6.45, 7) is 6.46. The number of aliphatic hydroxyl groups is 1. The molecule has 0 aromatic rings. The van der Waals surface area contributed by atoms with Crippen molar-refractivity contribution in [3.63, 3.8) is 0 Å². The van der Waals surface area contributed by atoms with Crippen molar-refractivity contribution in [2.24, 2.45) is 0 Å². The number of hydrogen-bond donors (Lipinski definition) is 1. The molecule has 3 heteroatoms.